The van der Waals surface area contributed by atoms with Crippen LogP contribution in [0.5, 0.6) is 11.5 Å². The van der Waals surface area contributed by atoms with Crippen LogP contribution in [0.4, 0.5) is 5.69 Å². The van der Waals surface area contributed by atoms with Crippen LogP contribution in [0.3, 0.4) is 0 Å². The van der Waals surface area contributed by atoms with Crippen LogP contribution in [0.1, 0.15) is 10.4 Å². The Bertz CT molecular complexity index is 688. The van der Waals surface area contributed by atoms with Gasteiger partial charge in [0.1, 0.15) is 5.75 Å². The summed E-state index contributed by atoms with van der Waals surface area (Å²) in [7, 11) is 0. The van der Waals surface area contributed by atoms with Gasteiger partial charge in [0.15, 0.2) is 0 Å². The van der Waals surface area contributed by atoms with Crippen molar-refractivity contribution >= 4 is 23.2 Å². The SMILES string of the molecule is NC(=O)c1cc(Cl)ccc1Oc1ccccc1[N+](=O)[O-]. The van der Waals surface area contributed by atoms with Gasteiger partial charge in [-0.05, 0) is 24.3 Å². The number of ether oxygens (including phenoxy) is 1. The lowest BCUT2D eigenvalue weighted by atomic mass is 10.2. The quantitative estimate of drug-likeness (QED) is 0.691. The van der Waals surface area contributed by atoms with Crippen molar-refractivity contribution in [3.8, 4) is 11.5 Å². The van der Waals surface area contributed by atoms with Gasteiger partial charge in [-0.1, -0.05) is 23.7 Å². The van der Waals surface area contributed by atoms with Crippen LogP contribution in [0.25, 0.3) is 0 Å². The molecule has 0 bridgehead atoms. The molecule has 0 fully saturated rings. The summed E-state index contributed by atoms with van der Waals surface area (Å²) in [5, 5.41) is 11.2. The Hall–Kier alpha value is -2.60. The first-order valence-corrected chi connectivity index (χ1v) is 5.87. The van der Waals surface area contributed by atoms with E-state index in [0.717, 1.165) is 0 Å². The van der Waals surface area contributed by atoms with Crippen molar-refractivity contribution in [2.24, 2.45) is 5.73 Å². The summed E-state index contributed by atoms with van der Waals surface area (Å²) >= 11 is 5.77. The predicted molar refractivity (Wildman–Crippen MR) is 73.1 cm³/mol. The average Bonchev–Trinajstić information content (AvgIpc) is 2.41. The maximum Gasteiger partial charge on any atom is 0.311 e. The number of nitro groups is 1. The number of nitrogens with two attached hydrogens (primary N) is 1. The zero-order chi connectivity index (χ0) is 14.7. The number of hydrogen-bond donors (Lipinski definition) is 1. The molecular weight excluding hydrogens is 284 g/mol. The molecule has 0 atom stereocenters. The van der Waals surface area contributed by atoms with E-state index >= 15 is 0 Å². The van der Waals surface area contributed by atoms with Gasteiger partial charge in [0.25, 0.3) is 5.91 Å². The third kappa shape index (κ3) is 2.86. The van der Waals surface area contributed by atoms with Crippen LogP contribution in [0, 0.1) is 10.1 Å². The number of halogens is 1. The molecule has 7 heteroatoms. The standard InChI is InChI=1S/C13H9ClN2O4/c14-8-5-6-11(9(7-8)13(15)17)20-12-4-2-1-3-10(12)16(18)19/h1-7H,(H2,15,17). The molecule has 0 heterocycles. The summed E-state index contributed by atoms with van der Waals surface area (Å²) in [4.78, 5) is 21.7. The normalized spacial score (nSPS) is 10.1. The highest BCUT2D eigenvalue weighted by atomic mass is 35.5. The van der Waals surface area contributed by atoms with Crippen LogP contribution in [0.15, 0.2) is 42.5 Å². The lowest BCUT2D eigenvalue weighted by molar-refractivity contribution is -0.385. The third-order valence-electron chi connectivity index (χ3n) is 2.49. The zero-order valence-corrected chi connectivity index (χ0v) is 10.8. The van der Waals surface area contributed by atoms with Crippen molar-refractivity contribution < 1.29 is 14.5 Å². The molecular formula is C13H9ClN2O4. The molecule has 0 radical (unpaired) electrons. The van der Waals surface area contributed by atoms with Gasteiger partial charge in [-0.25, -0.2) is 0 Å². The second kappa shape index (κ2) is 5.58. The number of nitro benzene ring substituents is 1. The first-order chi connectivity index (χ1) is 9.49. The minimum Gasteiger partial charge on any atom is -0.449 e. The van der Waals surface area contributed by atoms with E-state index in [-0.39, 0.29) is 22.7 Å². The zero-order valence-electron chi connectivity index (χ0n) is 10.1. The van der Waals surface area contributed by atoms with Gasteiger partial charge in [-0.15, -0.1) is 0 Å². The highest BCUT2D eigenvalue weighted by molar-refractivity contribution is 6.31. The van der Waals surface area contributed by atoms with Gasteiger partial charge in [-0.3, -0.25) is 14.9 Å². The Morgan fingerprint density at radius 2 is 1.90 bits per heavy atom. The molecule has 20 heavy (non-hydrogen) atoms. The number of nitrogens with zero attached hydrogens (tertiary/aromatic N) is 1. The average molecular weight is 293 g/mol. The Morgan fingerprint density at radius 1 is 1.20 bits per heavy atom. The Morgan fingerprint density at radius 3 is 2.55 bits per heavy atom. The maximum atomic E-state index is 11.3. The van der Waals surface area contributed by atoms with Crippen molar-refractivity contribution in [1.29, 1.82) is 0 Å². The molecule has 0 saturated carbocycles. The molecule has 0 aromatic heterocycles. The van der Waals surface area contributed by atoms with Gasteiger partial charge in [0.2, 0.25) is 5.75 Å². The number of para-hydroxylation sites is 2. The number of rotatable bonds is 4. The van der Waals surface area contributed by atoms with Crippen LogP contribution < -0.4 is 10.5 Å². The Kier molecular flexibility index (Phi) is 3.86. The Labute approximate surface area is 118 Å². The van der Waals surface area contributed by atoms with Crippen LogP contribution in [-0.4, -0.2) is 10.8 Å². The molecule has 0 aliphatic rings. The van der Waals surface area contributed by atoms with Gasteiger partial charge in [-0.2, -0.15) is 0 Å². The van der Waals surface area contributed by atoms with E-state index in [0.29, 0.717) is 5.02 Å². The molecule has 102 valence electrons. The number of carbonyl (C=O) groups is 1. The second-order valence-corrected chi connectivity index (χ2v) is 4.27. The third-order valence-corrected chi connectivity index (χ3v) is 2.72. The molecule has 1 amide bonds. The lowest BCUT2D eigenvalue weighted by Crippen LogP contribution is -2.12. The molecule has 2 N–H and O–H groups in total. The van der Waals surface area contributed by atoms with E-state index in [4.69, 9.17) is 22.1 Å². The number of amides is 1. The number of primary amides is 1. The molecule has 0 spiro atoms. The van der Waals surface area contributed by atoms with Gasteiger partial charge >= 0.3 is 5.69 Å². The number of carbonyl (C=O) groups excluding carboxylic acids is 1. The summed E-state index contributed by atoms with van der Waals surface area (Å²) in [5.41, 5.74) is 5.06. The second-order valence-electron chi connectivity index (χ2n) is 3.83. The van der Waals surface area contributed by atoms with E-state index in [2.05, 4.69) is 0 Å². The number of hydrogen-bond acceptors (Lipinski definition) is 4. The van der Waals surface area contributed by atoms with Gasteiger partial charge in [0.05, 0.1) is 10.5 Å². The van der Waals surface area contributed by atoms with E-state index < -0.39 is 10.8 Å². The van der Waals surface area contributed by atoms with E-state index in [9.17, 15) is 14.9 Å². The highest BCUT2D eigenvalue weighted by Crippen LogP contribution is 2.33. The number of benzene rings is 2. The fourth-order valence-electron chi connectivity index (χ4n) is 1.60. The molecule has 0 unspecified atom stereocenters. The smallest absolute Gasteiger partial charge is 0.311 e. The lowest BCUT2D eigenvalue weighted by Gasteiger charge is -2.09. The van der Waals surface area contributed by atoms with Crippen LogP contribution >= 0.6 is 11.6 Å². The molecule has 2 aromatic carbocycles. The van der Waals surface area contributed by atoms with E-state index in [1.807, 2.05) is 0 Å². The van der Waals surface area contributed by atoms with Crippen LogP contribution in [-0.2, 0) is 0 Å². The fourth-order valence-corrected chi connectivity index (χ4v) is 1.77. The maximum absolute atomic E-state index is 11.3. The van der Waals surface area contributed by atoms with Crippen LogP contribution in [0.2, 0.25) is 5.02 Å². The molecule has 6 nitrogen and oxygen atoms in total. The van der Waals surface area contributed by atoms with Crippen molar-refractivity contribution in [2.45, 2.75) is 0 Å². The topological polar surface area (TPSA) is 95.5 Å². The first kappa shape index (κ1) is 13.8. The summed E-state index contributed by atoms with van der Waals surface area (Å²) in [6, 6.07) is 10.1. The minimum absolute atomic E-state index is 0.0160. The Balaban J connectivity index is 2.45. The first-order valence-electron chi connectivity index (χ1n) is 5.49. The predicted octanol–water partition coefficient (Wildman–Crippen LogP) is 3.14. The van der Waals surface area contributed by atoms with Crippen molar-refractivity contribution in [3.05, 3.63) is 63.2 Å². The monoisotopic (exact) mass is 292 g/mol. The summed E-state index contributed by atoms with van der Waals surface area (Å²) in [6.45, 7) is 0. The molecule has 2 aromatic rings. The fraction of sp³-hybridized carbons (Fsp3) is 0. The molecule has 2 rings (SSSR count). The molecule has 0 aliphatic carbocycles. The minimum atomic E-state index is -0.735. The summed E-state index contributed by atoms with van der Waals surface area (Å²) in [6.07, 6.45) is 0. The molecule has 0 aliphatic heterocycles. The van der Waals surface area contributed by atoms with Crippen molar-refractivity contribution in [3.63, 3.8) is 0 Å². The molecule has 0 saturated heterocycles. The van der Waals surface area contributed by atoms with Crippen molar-refractivity contribution in [1.82, 2.24) is 0 Å². The van der Waals surface area contributed by atoms with E-state index in [1.165, 1.54) is 36.4 Å². The van der Waals surface area contributed by atoms with Crippen molar-refractivity contribution in [2.75, 3.05) is 0 Å². The largest absolute Gasteiger partial charge is 0.449 e. The van der Waals surface area contributed by atoms with E-state index in [1.54, 1.807) is 6.07 Å². The summed E-state index contributed by atoms with van der Waals surface area (Å²) < 4.78 is 5.42. The highest BCUT2D eigenvalue weighted by Gasteiger charge is 2.17. The van der Waals surface area contributed by atoms with Gasteiger partial charge in [0, 0.05) is 11.1 Å². The van der Waals surface area contributed by atoms with Gasteiger partial charge < -0.3 is 10.5 Å². The summed E-state index contributed by atoms with van der Waals surface area (Å²) in [5.74, 6) is -0.611.